The molecule has 0 radical (unpaired) electrons. The Morgan fingerprint density at radius 3 is 3.00 bits per heavy atom. The molecule has 0 bridgehead atoms. The topological polar surface area (TPSA) is 69.8 Å². The lowest BCUT2D eigenvalue weighted by Gasteiger charge is -2.26. The molecule has 1 fully saturated rings. The van der Waals surface area contributed by atoms with Crippen LogP contribution in [0.25, 0.3) is 0 Å². The maximum absolute atomic E-state index is 11.6. The van der Waals surface area contributed by atoms with Crippen molar-refractivity contribution in [1.29, 1.82) is 0 Å². The summed E-state index contributed by atoms with van der Waals surface area (Å²) in [5.41, 5.74) is 1.48. The van der Waals surface area contributed by atoms with Crippen LogP contribution in [0.5, 0.6) is 0 Å². The van der Waals surface area contributed by atoms with Crippen LogP contribution in [-0.4, -0.2) is 35.7 Å². The van der Waals surface area contributed by atoms with Crippen molar-refractivity contribution >= 4 is 5.91 Å². The Kier molecular flexibility index (Phi) is 3.01. The standard InChI is InChI=1S/C10H16N4O/c1-2-8-3-9(14-13-8)10(15)12-6-7-4-11-5-7/h3,7,11H,2,4-6H2,1H3,(H,12,15)(H,13,14). The first-order valence-corrected chi connectivity index (χ1v) is 5.32. The van der Waals surface area contributed by atoms with Crippen LogP contribution in [0.3, 0.4) is 0 Å². The first kappa shape index (κ1) is 10.2. The van der Waals surface area contributed by atoms with Gasteiger partial charge in [-0.1, -0.05) is 6.92 Å². The van der Waals surface area contributed by atoms with Crippen molar-refractivity contribution in [3.63, 3.8) is 0 Å². The van der Waals surface area contributed by atoms with Gasteiger partial charge in [0.15, 0.2) is 0 Å². The SMILES string of the molecule is CCc1cc(C(=O)NCC2CNC2)n[nH]1. The quantitative estimate of drug-likeness (QED) is 0.648. The summed E-state index contributed by atoms with van der Waals surface area (Å²) in [6, 6.07) is 1.80. The molecular formula is C10H16N4O. The van der Waals surface area contributed by atoms with Gasteiger partial charge in [-0.15, -0.1) is 0 Å². The molecule has 1 saturated heterocycles. The molecule has 0 aromatic carbocycles. The number of hydrogen-bond acceptors (Lipinski definition) is 3. The Morgan fingerprint density at radius 2 is 2.47 bits per heavy atom. The number of aromatic amines is 1. The predicted octanol–water partition coefficient (Wildman–Crippen LogP) is -0.0787. The van der Waals surface area contributed by atoms with Gasteiger partial charge in [0.05, 0.1) is 0 Å². The summed E-state index contributed by atoms with van der Waals surface area (Å²) in [6.07, 6.45) is 0.868. The number of rotatable bonds is 4. The monoisotopic (exact) mass is 208 g/mol. The molecule has 1 aromatic rings. The van der Waals surface area contributed by atoms with Gasteiger partial charge in [-0.3, -0.25) is 9.89 Å². The van der Waals surface area contributed by atoms with E-state index in [0.29, 0.717) is 11.6 Å². The van der Waals surface area contributed by atoms with Crippen LogP contribution in [0.4, 0.5) is 0 Å². The largest absolute Gasteiger partial charge is 0.350 e. The molecule has 2 rings (SSSR count). The normalized spacial score (nSPS) is 16.1. The van der Waals surface area contributed by atoms with Gasteiger partial charge in [0.2, 0.25) is 0 Å². The first-order chi connectivity index (χ1) is 7.29. The van der Waals surface area contributed by atoms with Crippen molar-refractivity contribution in [1.82, 2.24) is 20.8 Å². The number of nitrogens with zero attached hydrogens (tertiary/aromatic N) is 1. The van der Waals surface area contributed by atoms with Crippen LogP contribution < -0.4 is 10.6 Å². The third-order valence-corrected chi connectivity index (χ3v) is 2.66. The summed E-state index contributed by atoms with van der Waals surface area (Å²) in [6.45, 7) is 4.76. The highest BCUT2D eigenvalue weighted by Crippen LogP contribution is 2.02. The third kappa shape index (κ3) is 2.36. The second-order valence-electron chi connectivity index (χ2n) is 3.87. The predicted molar refractivity (Wildman–Crippen MR) is 56.7 cm³/mol. The van der Waals surface area contributed by atoms with Crippen LogP contribution in [0.15, 0.2) is 6.07 Å². The minimum absolute atomic E-state index is 0.0853. The van der Waals surface area contributed by atoms with Crippen molar-refractivity contribution in [2.45, 2.75) is 13.3 Å². The van der Waals surface area contributed by atoms with E-state index in [0.717, 1.165) is 31.7 Å². The van der Waals surface area contributed by atoms with E-state index in [1.54, 1.807) is 6.07 Å². The van der Waals surface area contributed by atoms with E-state index in [1.807, 2.05) is 6.92 Å². The molecule has 0 aliphatic carbocycles. The number of aryl methyl sites for hydroxylation is 1. The van der Waals surface area contributed by atoms with E-state index in [4.69, 9.17) is 0 Å². The van der Waals surface area contributed by atoms with Crippen LogP contribution in [-0.2, 0) is 6.42 Å². The highest BCUT2D eigenvalue weighted by atomic mass is 16.1. The Bertz CT molecular complexity index is 343. The Balaban J connectivity index is 1.83. The van der Waals surface area contributed by atoms with Crippen molar-refractivity contribution in [2.24, 2.45) is 5.92 Å². The maximum Gasteiger partial charge on any atom is 0.271 e. The Hall–Kier alpha value is -1.36. The van der Waals surface area contributed by atoms with Crippen molar-refractivity contribution in [3.8, 4) is 0 Å². The van der Waals surface area contributed by atoms with Gasteiger partial charge >= 0.3 is 0 Å². The summed E-state index contributed by atoms with van der Waals surface area (Å²) in [7, 11) is 0. The fraction of sp³-hybridized carbons (Fsp3) is 0.600. The van der Waals surface area contributed by atoms with Crippen LogP contribution in [0, 0.1) is 5.92 Å². The van der Waals surface area contributed by atoms with Gasteiger partial charge in [-0.2, -0.15) is 5.10 Å². The highest BCUT2D eigenvalue weighted by molar-refractivity contribution is 5.92. The number of hydrogen-bond donors (Lipinski definition) is 3. The number of H-pyrrole nitrogens is 1. The molecule has 5 nitrogen and oxygen atoms in total. The average molecular weight is 208 g/mol. The van der Waals surface area contributed by atoms with Crippen molar-refractivity contribution in [2.75, 3.05) is 19.6 Å². The molecule has 5 heteroatoms. The molecule has 0 saturated carbocycles. The minimum atomic E-state index is -0.0853. The van der Waals surface area contributed by atoms with E-state index < -0.39 is 0 Å². The Morgan fingerprint density at radius 1 is 1.67 bits per heavy atom. The van der Waals surface area contributed by atoms with Gasteiger partial charge in [0, 0.05) is 31.2 Å². The second-order valence-corrected chi connectivity index (χ2v) is 3.87. The minimum Gasteiger partial charge on any atom is -0.350 e. The molecule has 1 aliphatic rings. The number of carbonyl (C=O) groups is 1. The molecule has 82 valence electrons. The lowest BCUT2D eigenvalue weighted by atomic mass is 10.0. The van der Waals surface area contributed by atoms with Gasteiger partial charge in [0.25, 0.3) is 5.91 Å². The molecule has 15 heavy (non-hydrogen) atoms. The van der Waals surface area contributed by atoms with Gasteiger partial charge < -0.3 is 10.6 Å². The molecule has 0 spiro atoms. The zero-order valence-corrected chi connectivity index (χ0v) is 8.84. The van der Waals surface area contributed by atoms with Gasteiger partial charge in [-0.25, -0.2) is 0 Å². The summed E-state index contributed by atoms with van der Waals surface area (Å²) in [5.74, 6) is 0.497. The summed E-state index contributed by atoms with van der Waals surface area (Å²) < 4.78 is 0. The van der Waals surface area contributed by atoms with Crippen molar-refractivity contribution in [3.05, 3.63) is 17.5 Å². The molecule has 1 amide bonds. The fourth-order valence-corrected chi connectivity index (χ4v) is 1.48. The van der Waals surface area contributed by atoms with E-state index in [-0.39, 0.29) is 5.91 Å². The average Bonchev–Trinajstić information content (AvgIpc) is 2.63. The maximum atomic E-state index is 11.6. The zero-order valence-electron chi connectivity index (χ0n) is 8.84. The Labute approximate surface area is 88.6 Å². The van der Waals surface area contributed by atoms with E-state index in [2.05, 4.69) is 20.8 Å². The number of carbonyl (C=O) groups excluding carboxylic acids is 1. The lowest BCUT2D eigenvalue weighted by molar-refractivity contribution is 0.0937. The molecule has 3 N–H and O–H groups in total. The number of aromatic nitrogens is 2. The molecular weight excluding hydrogens is 192 g/mol. The van der Waals surface area contributed by atoms with E-state index in [1.165, 1.54) is 0 Å². The smallest absolute Gasteiger partial charge is 0.271 e. The third-order valence-electron chi connectivity index (χ3n) is 2.66. The molecule has 0 unspecified atom stereocenters. The van der Waals surface area contributed by atoms with Crippen LogP contribution in [0.2, 0.25) is 0 Å². The second kappa shape index (κ2) is 4.44. The molecule has 1 aliphatic heterocycles. The number of nitrogens with one attached hydrogen (secondary N) is 3. The van der Waals surface area contributed by atoms with E-state index in [9.17, 15) is 4.79 Å². The fourth-order valence-electron chi connectivity index (χ4n) is 1.48. The molecule has 2 heterocycles. The first-order valence-electron chi connectivity index (χ1n) is 5.32. The summed E-state index contributed by atoms with van der Waals surface area (Å²) >= 11 is 0. The van der Waals surface area contributed by atoms with Crippen molar-refractivity contribution < 1.29 is 4.79 Å². The van der Waals surface area contributed by atoms with Crippen LogP contribution in [0.1, 0.15) is 23.1 Å². The lowest BCUT2D eigenvalue weighted by Crippen LogP contribution is -2.48. The molecule has 0 atom stereocenters. The summed E-state index contributed by atoms with van der Waals surface area (Å²) in [4.78, 5) is 11.6. The van der Waals surface area contributed by atoms with E-state index >= 15 is 0 Å². The van der Waals surface area contributed by atoms with Gasteiger partial charge in [-0.05, 0) is 12.5 Å². The summed E-state index contributed by atoms with van der Waals surface area (Å²) in [5, 5.41) is 12.8. The number of amides is 1. The highest BCUT2D eigenvalue weighted by Gasteiger charge is 2.18. The van der Waals surface area contributed by atoms with Gasteiger partial charge in [0.1, 0.15) is 5.69 Å². The molecule has 1 aromatic heterocycles. The van der Waals surface area contributed by atoms with Crippen LogP contribution >= 0.6 is 0 Å². The zero-order chi connectivity index (χ0) is 10.7.